The van der Waals surface area contributed by atoms with Crippen molar-refractivity contribution in [1.29, 1.82) is 0 Å². The summed E-state index contributed by atoms with van der Waals surface area (Å²) >= 11 is 1.30. The first kappa shape index (κ1) is 13.8. The zero-order valence-electron chi connectivity index (χ0n) is 11.4. The Balaban J connectivity index is 1.97. The van der Waals surface area contributed by atoms with Crippen LogP contribution >= 0.6 is 11.3 Å². The van der Waals surface area contributed by atoms with Crippen LogP contribution in [0.4, 0.5) is 4.39 Å². The van der Waals surface area contributed by atoms with Crippen LogP contribution in [0.1, 0.15) is 22.2 Å². The van der Waals surface area contributed by atoms with E-state index in [0.717, 1.165) is 10.1 Å². The number of hydrogen-bond acceptors (Lipinski definition) is 3. The molecule has 2 aromatic carbocycles. The fourth-order valence-electron chi connectivity index (χ4n) is 2.15. The molecule has 0 N–H and O–H groups in total. The fourth-order valence-corrected chi connectivity index (χ4v) is 3.20. The summed E-state index contributed by atoms with van der Waals surface area (Å²) in [6.45, 7) is 2.45. The molecule has 0 unspecified atom stereocenters. The summed E-state index contributed by atoms with van der Waals surface area (Å²) in [6.07, 6.45) is 0. The van der Waals surface area contributed by atoms with Gasteiger partial charge in [-0.05, 0) is 42.6 Å². The van der Waals surface area contributed by atoms with Crippen molar-refractivity contribution in [3.63, 3.8) is 0 Å². The van der Waals surface area contributed by atoms with E-state index in [1.165, 1.54) is 23.5 Å². The molecular formula is C17H13FO2S. The van der Waals surface area contributed by atoms with Crippen LogP contribution in [-0.4, -0.2) is 12.4 Å². The summed E-state index contributed by atoms with van der Waals surface area (Å²) in [5, 5.41) is 0.880. The van der Waals surface area contributed by atoms with Crippen LogP contribution < -0.4 is 4.74 Å². The Labute approximate surface area is 125 Å². The summed E-state index contributed by atoms with van der Waals surface area (Å²) in [5.41, 5.74) is 0.577. The molecule has 0 aliphatic carbocycles. The second-order valence-electron chi connectivity index (χ2n) is 4.58. The molecule has 1 aromatic heterocycles. The second-order valence-corrected chi connectivity index (χ2v) is 5.67. The summed E-state index contributed by atoms with van der Waals surface area (Å²) in [5.74, 6) is 0.315. The molecule has 3 rings (SSSR count). The number of ketones is 1. The van der Waals surface area contributed by atoms with Crippen molar-refractivity contribution < 1.29 is 13.9 Å². The molecule has 0 aliphatic rings. The third-order valence-electron chi connectivity index (χ3n) is 3.11. The molecule has 106 valence electrons. The summed E-state index contributed by atoms with van der Waals surface area (Å²) in [6, 6.07) is 13.5. The highest BCUT2D eigenvalue weighted by Gasteiger charge is 2.13. The topological polar surface area (TPSA) is 26.3 Å². The minimum Gasteiger partial charge on any atom is -0.494 e. The van der Waals surface area contributed by atoms with Crippen LogP contribution in [0.15, 0.2) is 48.5 Å². The molecule has 0 saturated carbocycles. The minimum atomic E-state index is -0.290. The SMILES string of the molecule is CCOc1cccc(C(=O)c2cc3ccc(F)cc3s2)c1. The van der Waals surface area contributed by atoms with Gasteiger partial charge in [-0.2, -0.15) is 0 Å². The van der Waals surface area contributed by atoms with E-state index < -0.39 is 0 Å². The number of ether oxygens (including phenoxy) is 1. The van der Waals surface area contributed by atoms with Gasteiger partial charge in [-0.25, -0.2) is 4.39 Å². The maximum Gasteiger partial charge on any atom is 0.203 e. The third-order valence-corrected chi connectivity index (χ3v) is 4.21. The average molecular weight is 300 g/mol. The number of halogens is 1. The lowest BCUT2D eigenvalue weighted by molar-refractivity contribution is 0.104. The van der Waals surface area contributed by atoms with Crippen molar-refractivity contribution in [1.82, 2.24) is 0 Å². The van der Waals surface area contributed by atoms with Gasteiger partial charge in [0.2, 0.25) is 5.78 Å². The van der Waals surface area contributed by atoms with Crippen molar-refractivity contribution in [3.8, 4) is 5.75 Å². The maximum absolute atomic E-state index is 13.2. The lowest BCUT2D eigenvalue weighted by atomic mass is 10.1. The Morgan fingerprint density at radius 3 is 2.86 bits per heavy atom. The third kappa shape index (κ3) is 2.81. The number of benzene rings is 2. The zero-order chi connectivity index (χ0) is 14.8. The Kier molecular flexibility index (Phi) is 3.71. The molecule has 0 radical (unpaired) electrons. The Hall–Kier alpha value is -2.20. The predicted molar refractivity (Wildman–Crippen MR) is 82.8 cm³/mol. The maximum atomic E-state index is 13.2. The van der Waals surface area contributed by atoms with E-state index in [2.05, 4.69) is 0 Å². The minimum absolute atomic E-state index is 0.0711. The highest BCUT2D eigenvalue weighted by molar-refractivity contribution is 7.21. The Morgan fingerprint density at radius 2 is 2.05 bits per heavy atom. The molecule has 1 heterocycles. The molecule has 0 fully saturated rings. The summed E-state index contributed by atoms with van der Waals surface area (Å²) < 4.78 is 19.4. The fraction of sp³-hybridized carbons (Fsp3) is 0.118. The first-order valence-corrected chi connectivity index (χ1v) is 7.45. The average Bonchev–Trinajstić information content (AvgIpc) is 2.90. The van der Waals surface area contributed by atoms with Gasteiger partial charge in [-0.3, -0.25) is 4.79 Å². The predicted octanol–water partition coefficient (Wildman–Crippen LogP) is 4.67. The monoisotopic (exact) mass is 300 g/mol. The van der Waals surface area contributed by atoms with Gasteiger partial charge >= 0.3 is 0 Å². The summed E-state index contributed by atoms with van der Waals surface area (Å²) in [7, 11) is 0. The van der Waals surface area contributed by atoms with E-state index in [4.69, 9.17) is 4.74 Å². The molecule has 0 saturated heterocycles. The van der Waals surface area contributed by atoms with Gasteiger partial charge in [-0.1, -0.05) is 18.2 Å². The van der Waals surface area contributed by atoms with Crippen LogP contribution in [-0.2, 0) is 0 Å². The Bertz CT molecular complexity index is 807. The zero-order valence-corrected chi connectivity index (χ0v) is 12.2. The van der Waals surface area contributed by atoms with Crippen molar-refractivity contribution >= 4 is 27.2 Å². The summed E-state index contributed by atoms with van der Waals surface area (Å²) in [4.78, 5) is 13.1. The van der Waals surface area contributed by atoms with Gasteiger partial charge in [0.05, 0.1) is 11.5 Å². The van der Waals surface area contributed by atoms with Gasteiger partial charge < -0.3 is 4.74 Å². The van der Waals surface area contributed by atoms with Crippen molar-refractivity contribution in [3.05, 3.63) is 64.8 Å². The number of thiophene rings is 1. The van der Waals surface area contributed by atoms with E-state index in [1.807, 2.05) is 13.0 Å². The number of carbonyl (C=O) groups is 1. The molecular weight excluding hydrogens is 287 g/mol. The first-order chi connectivity index (χ1) is 10.2. The lowest BCUT2D eigenvalue weighted by Crippen LogP contribution is -1.99. The molecule has 3 aromatic rings. The molecule has 0 spiro atoms. The van der Waals surface area contributed by atoms with Gasteiger partial charge in [0, 0.05) is 10.3 Å². The smallest absolute Gasteiger partial charge is 0.203 e. The van der Waals surface area contributed by atoms with E-state index in [-0.39, 0.29) is 11.6 Å². The van der Waals surface area contributed by atoms with Gasteiger partial charge in [-0.15, -0.1) is 11.3 Å². The van der Waals surface area contributed by atoms with E-state index in [1.54, 1.807) is 30.3 Å². The van der Waals surface area contributed by atoms with E-state index in [9.17, 15) is 9.18 Å². The normalized spacial score (nSPS) is 10.8. The second kappa shape index (κ2) is 5.66. The van der Waals surface area contributed by atoms with Gasteiger partial charge in [0.15, 0.2) is 0 Å². The highest BCUT2D eigenvalue weighted by atomic mass is 32.1. The quantitative estimate of drug-likeness (QED) is 0.654. The largest absolute Gasteiger partial charge is 0.494 e. The van der Waals surface area contributed by atoms with Crippen LogP contribution in [0.5, 0.6) is 5.75 Å². The van der Waals surface area contributed by atoms with Gasteiger partial charge in [0.25, 0.3) is 0 Å². The van der Waals surface area contributed by atoms with Crippen molar-refractivity contribution in [2.75, 3.05) is 6.61 Å². The van der Waals surface area contributed by atoms with Gasteiger partial charge in [0.1, 0.15) is 11.6 Å². The molecule has 21 heavy (non-hydrogen) atoms. The van der Waals surface area contributed by atoms with Crippen LogP contribution in [0, 0.1) is 5.82 Å². The molecule has 4 heteroatoms. The number of fused-ring (bicyclic) bond motifs is 1. The highest BCUT2D eigenvalue weighted by Crippen LogP contribution is 2.28. The number of hydrogen-bond donors (Lipinski definition) is 0. The van der Waals surface area contributed by atoms with Crippen LogP contribution in [0.2, 0.25) is 0 Å². The van der Waals surface area contributed by atoms with Crippen molar-refractivity contribution in [2.45, 2.75) is 6.92 Å². The first-order valence-electron chi connectivity index (χ1n) is 6.64. The lowest BCUT2D eigenvalue weighted by Gasteiger charge is -2.04. The number of carbonyl (C=O) groups excluding carboxylic acids is 1. The van der Waals surface area contributed by atoms with E-state index >= 15 is 0 Å². The Morgan fingerprint density at radius 1 is 1.19 bits per heavy atom. The van der Waals surface area contributed by atoms with Crippen LogP contribution in [0.25, 0.3) is 10.1 Å². The standard InChI is InChI=1S/C17H13FO2S/c1-2-20-14-5-3-4-12(8-14)17(19)16-9-11-6-7-13(18)10-15(11)21-16/h3-10H,2H2,1H3. The molecule has 2 nitrogen and oxygen atoms in total. The van der Waals surface area contributed by atoms with Crippen LogP contribution in [0.3, 0.4) is 0 Å². The molecule has 0 bridgehead atoms. The number of rotatable bonds is 4. The molecule has 0 atom stereocenters. The van der Waals surface area contributed by atoms with E-state index in [0.29, 0.717) is 22.8 Å². The van der Waals surface area contributed by atoms with Crippen molar-refractivity contribution in [2.24, 2.45) is 0 Å². The molecule has 0 aliphatic heterocycles. The molecule has 0 amide bonds.